The molecule has 0 bridgehead atoms. The van der Waals surface area contributed by atoms with Crippen molar-refractivity contribution in [3.05, 3.63) is 64.2 Å². The molecule has 0 amide bonds. The van der Waals surface area contributed by atoms with Crippen LogP contribution in [0.15, 0.2) is 42.5 Å². The Hall–Kier alpha value is -2.02. The molecule has 0 aliphatic rings. The molecule has 0 aliphatic heterocycles. The molecule has 0 heterocycles. The Balaban J connectivity index is 2.35. The Morgan fingerprint density at radius 1 is 1.29 bits per heavy atom. The molecule has 2 aromatic rings. The summed E-state index contributed by atoms with van der Waals surface area (Å²) in [4.78, 5) is 2.07. The second-order valence-corrected chi connectivity index (χ2v) is 5.45. The molecule has 2 rings (SSSR count). The normalized spacial score (nSPS) is 11.8. The van der Waals surface area contributed by atoms with E-state index in [1.807, 2.05) is 49.5 Å². The van der Waals surface area contributed by atoms with E-state index in [2.05, 4.69) is 17.9 Å². The summed E-state index contributed by atoms with van der Waals surface area (Å²) in [6.45, 7) is 2.52. The zero-order chi connectivity index (χ0) is 15.4. The van der Waals surface area contributed by atoms with E-state index in [9.17, 15) is 5.26 Å². The molecule has 0 aromatic heterocycles. The van der Waals surface area contributed by atoms with Crippen LogP contribution in [0.25, 0.3) is 0 Å². The van der Waals surface area contributed by atoms with Gasteiger partial charge in [-0.15, -0.1) is 0 Å². The molecule has 0 saturated carbocycles. The third-order valence-electron chi connectivity index (χ3n) is 3.71. The van der Waals surface area contributed by atoms with Crippen molar-refractivity contribution in [2.45, 2.75) is 19.5 Å². The van der Waals surface area contributed by atoms with E-state index in [1.165, 1.54) is 0 Å². The largest absolute Gasteiger partial charge is 0.367 e. The average Bonchev–Trinajstić information content (AvgIpc) is 2.52. The van der Waals surface area contributed by atoms with Crippen molar-refractivity contribution >= 4 is 17.3 Å². The number of anilines is 1. The van der Waals surface area contributed by atoms with Crippen LogP contribution in [0.1, 0.15) is 29.7 Å². The molecule has 3 nitrogen and oxygen atoms in total. The fraction of sp³-hybridized carbons (Fsp3) is 0.235. The number of halogens is 1. The molecular formula is C17H18ClN3. The van der Waals surface area contributed by atoms with Gasteiger partial charge in [-0.2, -0.15) is 5.26 Å². The molecule has 0 spiro atoms. The van der Waals surface area contributed by atoms with E-state index in [0.717, 1.165) is 16.8 Å². The number of nitrogens with zero attached hydrogens (tertiary/aromatic N) is 2. The van der Waals surface area contributed by atoms with Crippen LogP contribution >= 0.6 is 11.6 Å². The molecule has 1 atom stereocenters. The number of hydrogen-bond acceptors (Lipinski definition) is 3. The van der Waals surface area contributed by atoms with Crippen LogP contribution in [0.3, 0.4) is 0 Å². The lowest BCUT2D eigenvalue weighted by Gasteiger charge is -2.28. The summed E-state index contributed by atoms with van der Waals surface area (Å²) < 4.78 is 0. The minimum absolute atomic E-state index is 0.111. The lowest BCUT2D eigenvalue weighted by Crippen LogP contribution is -2.22. The molecule has 0 saturated heterocycles. The summed E-state index contributed by atoms with van der Waals surface area (Å²) in [6, 6.07) is 15.9. The number of benzene rings is 2. The number of nitrogens with two attached hydrogens (primary N) is 1. The molecule has 4 heteroatoms. The smallest absolute Gasteiger partial charge is 0.101 e. The summed E-state index contributed by atoms with van der Waals surface area (Å²) in [5.41, 5.74) is 9.22. The van der Waals surface area contributed by atoms with Crippen LogP contribution in [0, 0.1) is 11.3 Å². The first-order chi connectivity index (χ1) is 10.1. The quantitative estimate of drug-likeness (QED) is 0.932. The van der Waals surface area contributed by atoms with Crippen LogP contribution in [0.4, 0.5) is 5.69 Å². The first kappa shape index (κ1) is 15.4. The maximum absolute atomic E-state index is 9.35. The van der Waals surface area contributed by atoms with Gasteiger partial charge in [-0.3, -0.25) is 0 Å². The number of hydrogen-bond donors (Lipinski definition) is 1. The summed E-state index contributed by atoms with van der Waals surface area (Å²) in [5.74, 6) is 0. The fourth-order valence-electron chi connectivity index (χ4n) is 2.31. The fourth-order valence-corrected chi connectivity index (χ4v) is 2.50. The Bertz CT molecular complexity index is 676. The van der Waals surface area contributed by atoms with Crippen molar-refractivity contribution in [1.29, 1.82) is 5.26 Å². The highest BCUT2D eigenvalue weighted by molar-refractivity contribution is 6.30. The molecule has 0 radical (unpaired) electrons. The average molecular weight is 300 g/mol. The Morgan fingerprint density at radius 2 is 2.05 bits per heavy atom. The highest BCUT2D eigenvalue weighted by atomic mass is 35.5. The molecular weight excluding hydrogens is 282 g/mol. The second-order valence-electron chi connectivity index (χ2n) is 5.01. The maximum Gasteiger partial charge on any atom is 0.101 e. The summed E-state index contributed by atoms with van der Waals surface area (Å²) in [5, 5.41) is 10.1. The number of nitriles is 1. The van der Waals surface area contributed by atoms with Gasteiger partial charge in [-0.25, -0.2) is 0 Å². The van der Waals surface area contributed by atoms with Gasteiger partial charge >= 0.3 is 0 Å². The molecule has 21 heavy (non-hydrogen) atoms. The van der Waals surface area contributed by atoms with Gasteiger partial charge in [0.1, 0.15) is 6.07 Å². The van der Waals surface area contributed by atoms with Gasteiger partial charge < -0.3 is 10.6 Å². The van der Waals surface area contributed by atoms with Gasteiger partial charge in [0.25, 0.3) is 0 Å². The van der Waals surface area contributed by atoms with E-state index in [0.29, 0.717) is 17.1 Å². The monoisotopic (exact) mass is 299 g/mol. The van der Waals surface area contributed by atoms with Gasteiger partial charge in [0, 0.05) is 18.6 Å². The molecule has 2 N–H and O–H groups in total. The Morgan fingerprint density at radius 3 is 2.67 bits per heavy atom. The maximum atomic E-state index is 9.35. The van der Waals surface area contributed by atoms with Crippen molar-refractivity contribution in [2.75, 3.05) is 11.9 Å². The van der Waals surface area contributed by atoms with Crippen molar-refractivity contribution in [3.8, 4) is 6.07 Å². The predicted molar refractivity (Wildman–Crippen MR) is 87.3 cm³/mol. The minimum atomic E-state index is 0.111. The zero-order valence-electron chi connectivity index (χ0n) is 12.2. The van der Waals surface area contributed by atoms with Crippen molar-refractivity contribution in [3.63, 3.8) is 0 Å². The first-order valence-corrected chi connectivity index (χ1v) is 7.16. The van der Waals surface area contributed by atoms with Gasteiger partial charge in [0.15, 0.2) is 0 Å². The van der Waals surface area contributed by atoms with Crippen LogP contribution in [-0.2, 0) is 6.54 Å². The standard InChI is InChI=1S/C17H18ClN3/c1-12(14-4-3-5-16(18)9-14)21(2)17-7-6-13(10-19)8-15(17)11-20/h3-9,12H,10,19H2,1-2H3. The third-order valence-corrected chi connectivity index (χ3v) is 3.94. The van der Waals surface area contributed by atoms with E-state index < -0.39 is 0 Å². The van der Waals surface area contributed by atoms with E-state index in [4.69, 9.17) is 17.3 Å². The third kappa shape index (κ3) is 3.36. The van der Waals surface area contributed by atoms with Crippen LogP contribution in [0.2, 0.25) is 5.02 Å². The van der Waals surface area contributed by atoms with Crippen molar-refractivity contribution in [1.82, 2.24) is 0 Å². The second kappa shape index (κ2) is 6.62. The number of rotatable bonds is 4. The molecule has 2 aromatic carbocycles. The predicted octanol–water partition coefficient (Wildman–Crippen LogP) is 3.87. The topological polar surface area (TPSA) is 53.0 Å². The molecule has 1 unspecified atom stereocenters. The highest BCUT2D eigenvalue weighted by Gasteiger charge is 2.16. The van der Waals surface area contributed by atoms with Gasteiger partial charge in [-0.1, -0.05) is 29.8 Å². The van der Waals surface area contributed by atoms with Crippen LogP contribution < -0.4 is 10.6 Å². The lowest BCUT2D eigenvalue weighted by atomic mass is 10.0. The summed E-state index contributed by atoms with van der Waals surface area (Å²) in [7, 11) is 1.98. The SMILES string of the molecule is CC(c1cccc(Cl)c1)N(C)c1ccc(CN)cc1C#N. The Labute approximate surface area is 130 Å². The van der Waals surface area contributed by atoms with E-state index >= 15 is 0 Å². The van der Waals surface area contributed by atoms with Gasteiger partial charge in [0.2, 0.25) is 0 Å². The zero-order valence-corrected chi connectivity index (χ0v) is 12.9. The van der Waals surface area contributed by atoms with Gasteiger partial charge in [-0.05, 0) is 42.3 Å². The first-order valence-electron chi connectivity index (χ1n) is 6.78. The van der Waals surface area contributed by atoms with E-state index in [1.54, 1.807) is 0 Å². The van der Waals surface area contributed by atoms with Crippen molar-refractivity contribution in [2.24, 2.45) is 5.73 Å². The molecule has 0 fully saturated rings. The summed E-state index contributed by atoms with van der Waals surface area (Å²) >= 11 is 6.05. The van der Waals surface area contributed by atoms with Crippen LogP contribution in [0.5, 0.6) is 0 Å². The molecule has 108 valence electrons. The van der Waals surface area contributed by atoms with Crippen LogP contribution in [-0.4, -0.2) is 7.05 Å². The van der Waals surface area contributed by atoms with Gasteiger partial charge in [0.05, 0.1) is 17.3 Å². The molecule has 0 aliphatic carbocycles. The van der Waals surface area contributed by atoms with E-state index in [-0.39, 0.29) is 6.04 Å². The van der Waals surface area contributed by atoms with Crippen molar-refractivity contribution < 1.29 is 0 Å². The lowest BCUT2D eigenvalue weighted by molar-refractivity contribution is 0.738. The minimum Gasteiger partial charge on any atom is -0.367 e. The Kier molecular flexibility index (Phi) is 4.85. The highest BCUT2D eigenvalue weighted by Crippen LogP contribution is 2.29. The summed E-state index contributed by atoms with van der Waals surface area (Å²) in [6.07, 6.45) is 0.